The first-order valence-electron chi connectivity index (χ1n) is 8.53. The Bertz CT molecular complexity index is 637. The second kappa shape index (κ2) is 8.06. The molecule has 0 saturated carbocycles. The molecule has 24 heavy (non-hydrogen) atoms. The molecule has 0 unspecified atom stereocenters. The van der Waals surface area contributed by atoms with Gasteiger partial charge in [-0.15, -0.1) is 0 Å². The van der Waals surface area contributed by atoms with Crippen molar-refractivity contribution in [3.8, 4) is 11.5 Å². The van der Waals surface area contributed by atoms with Crippen LogP contribution >= 0.6 is 0 Å². The van der Waals surface area contributed by atoms with Crippen molar-refractivity contribution in [1.29, 1.82) is 0 Å². The predicted molar refractivity (Wildman–Crippen MR) is 98.3 cm³/mol. The van der Waals surface area contributed by atoms with Crippen molar-refractivity contribution in [3.63, 3.8) is 0 Å². The second-order valence-corrected chi connectivity index (χ2v) is 6.10. The van der Waals surface area contributed by atoms with E-state index < -0.39 is 0 Å². The quantitative estimate of drug-likeness (QED) is 0.814. The first-order valence-corrected chi connectivity index (χ1v) is 8.53. The van der Waals surface area contributed by atoms with Crippen LogP contribution in [-0.4, -0.2) is 51.8 Å². The van der Waals surface area contributed by atoms with E-state index in [4.69, 9.17) is 9.47 Å². The van der Waals surface area contributed by atoms with Crippen LogP contribution in [0, 0.1) is 0 Å². The highest BCUT2D eigenvalue weighted by atomic mass is 16.5. The highest BCUT2D eigenvalue weighted by Gasteiger charge is 2.17. The van der Waals surface area contributed by atoms with Gasteiger partial charge in [0.25, 0.3) is 0 Å². The third-order valence-electron chi connectivity index (χ3n) is 4.66. The molecule has 4 nitrogen and oxygen atoms in total. The predicted octanol–water partition coefficient (Wildman–Crippen LogP) is 3.07. The maximum absolute atomic E-state index is 5.39. The van der Waals surface area contributed by atoms with Gasteiger partial charge < -0.3 is 14.4 Å². The Balaban J connectivity index is 1.50. The van der Waals surface area contributed by atoms with Crippen LogP contribution in [0.1, 0.15) is 5.56 Å². The Kier molecular flexibility index (Phi) is 5.59. The zero-order valence-corrected chi connectivity index (χ0v) is 14.6. The molecular weight excluding hydrogens is 300 g/mol. The van der Waals surface area contributed by atoms with Crippen LogP contribution in [0.4, 0.5) is 5.69 Å². The minimum atomic E-state index is 0.790. The zero-order valence-electron chi connectivity index (χ0n) is 14.6. The molecule has 0 N–H and O–H groups in total. The standard InChI is InChI=1S/C20H26N2O2/c1-23-19-9-8-17(16-20(19)24-2)10-11-21-12-14-22(15-13-21)18-6-4-3-5-7-18/h3-9,16H,10-15H2,1-2H3. The fourth-order valence-corrected chi connectivity index (χ4v) is 3.19. The molecule has 0 bridgehead atoms. The normalized spacial score (nSPS) is 15.3. The summed E-state index contributed by atoms with van der Waals surface area (Å²) in [6.07, 6.45) is 1.03. The summed E-state index contributed by atoms with van der Waals surface area (Å²) in [5.41, 5.74) is 2.62. The van der Waals surface area contributed by atoms with E-state index in [9.17, 15) is 0 Å². The van der Waals surface area contributed by atoms with Gasteiger partial charge in [0.1, 0.15) is 0 Å². The second-order valence-electron chi connectivity index (χ2n) is 6.10. The summed E-state index contributed by atoms with van der Waals surface area (Å²) in [6, 6.07) is 16.9. The van der Waals surface area contributed by atoms with E-state index in [1.54, 1.807) is 14.2 Å². The number of methoxy groups -OCH3 is 2. The van der Waals surface area contributed by atoms with Crippen molar-refractivity contribution in [3.05, 3.63) is 54.1 Å². The van der Waals surface area contributed by atoms with Crippen molar-refractivity contribution in [2.75, 3.05) is 51.8 Å². The summed E-state index contributed by atoms with van der Waals surface area (Å²) in [5.74, 6) is 1.60. The molecule has 0 aromatic heterocycles. The lowest BCUT2D eigenvalue weighted by molar-refractivity contribution is 0.261. The number of ether oxygens (including phenoxy) is 2. The maximum atomic E-state index is 5.39. The Morgan fingerprint density at radius 1 is 0.833 bits per heavy atom. The van der Waals surface area contributed by atoms with Crippen molar-refractivity contribution in [2.45, 2.75) is 6.42 Å². The Labute approximate surface area is 144 Å². The number of para-hydroxylation sites is 1. The van der Waals surface area contributed by atoms with Gasteiger partial charge >= 0.3 is 0 Å². The molecule has 0 spiro atoms. The minimum Gasteiger partial charge on any atom is -0.493 e. The third kappa shape index (κ3) is 4.01. The van der Waals surface area contributed by atoms with E-state index in [2.05, 4.69) is 52.3 Å². The van der Waals surface area contributed by atoms with E-state index in [1.807, 2.05) is 6.07 Å². The largest absolute Gasteiger partial charge is 0.493 e. The van der Waals surface area contributed by atoms with Crippen molar-refractivity contribution in [2.24, 2.45) is 0 Å². The minimum absolute atomic E-state index is 0.790. The van der Waals surface area contributed by atoms with E-state index in [-0.39, 0.29) is 0 Å². The Morgan fingerprint density at radius 3 is 2.21 bits per heavy atom. The molecule has 0 radical (unpaired) electrons. The summed E-state index contributed by atoms with van der Waals surface area (Å²) in [7, 11) is 3.36. The molecule has 1 aliphatic heterocycles. The topological polar surface area (TPSA) is 24.9 Å². The van der Waals surface area contributed by atoms with Crippen LogP contribution in [0.25, 0.3) is 0 Å². The summed E-state index contributed by atoms with van der Waals surface area (Å²) < 4.78 is 10.7. The van der Waals surface area contributed by atoms with Gasteiger partial charge in [-0.3, -0.25) is 4.90 Å². The van der Waals surface area contributed by atoms with E-state index in [1.165, 1.54) is 11.3 Å². The molecule has 1 heterocycles. The first kappa shape index (κ1) is 16.7. The van der Waals surface area contributed by atoms with Gasteiger partial charge in [-0.2, -0.15) is 0 Å². The molecule has 2 aromatic rings. The molecule has 1 fully saturated rings. The van der Waals surface area contributed by atoms with E-state index >= 15 is 0 Å². The molecule has 1 aliphatic rings. The molecule has 1 saturated heterocycles. The highest BCUT2D eigenvalue weighted by Crippen LogP contribution is 2.27. The van der Waals surface area contributed by atoms with Crippen LogP contribution in [0.15, 0.2) is 48.5 Å². The summed E-state index contributed by atoms with van der Waals surface area (Å²) in [4.78, 5) is 5.00. The number of piperazine rings is 1. The third-order valence-corrected chi connectivity index (χ3v) is 4.66. The Morgan fingerprint density at radius 2 is 1.54 bits per heavy atom. The summed E-state index contributed by atoms with van der Waals surface area (Å²) >= 11 is 0. The molecule has 3 rings (SSSR count). The van der Waals surface area contributed by atoms with E-state index in [0.29, 0.717) is 0 Å². The zero-order chi connectivity index (χ0) is 16.8. The lowest BCUT2D eigenvalue weighted by atomic mass is 10.1. The SMILES string of the molecule is COc1ccc(CCN2CCN(c3ccccc3)CC2)cc1OC. The molecule has 0 amide bonds. The van der Waals surface area contributed by atoms with Gasteiger partial charge in [0.2, 0.25) is 0 Å². The van der Waals surface area contributed by atoms with Gasteiger partial charge in [-0.05, 0) is 36.2 Å². The highest BCUT2D eigenvalue weighted by molar-refractivity contribution is 5.46. The fourth-order valence-electron chi connectivity index (χ4n) is 3.19. The monoisotopic (exact) mass is 326 g/mol. The smallest absolute Gasteiger partial charge is 0.160 e. The van der Waals surface area contributed by atoms with Gasteiger partial charge in [-0.25, -0.2) is 0 Å². The average molecular weight is 326 g/mol. The number of rotatable bonds is 6. The van der Waals surface area contributed by atoms with Crippen LogP contribution in [0.2, 0.25) is 0 Å². The van der Waals surface area contributed by atoms with Gasteiger partial charge in [0, 0.05) is 38.4 Å². The number of hydrogen-bond acceptors (Lipinski definition) is 4. The summed E-state index contributed by atoms with van der Waals surface area (Å²) in [5, 5.41) is 0. The average Bonchev–Trinajstić information content (AvgIpc) is 2.67. The first-order chi connectivity index (χ1) is 11.8. The van der Waals surface area contributed by atoms with Crippen molar-refractivity contribution >= 4 is 5.69 Å². The number of benzene rings is 2. The van der Waals surface area contributed by atoms with Gasteiger partial charge in [0.05, 0.1) is 14.2 Å². The molecule has 128 valence electrons. The van der Waals surface area contributed by atoms with Crippen LogP contribution in [0.3, 0.4) is 0 Å². The summed E-state index contributed by atoms with van der Waals surface area (Å²) in [6.45, 7) is 5.49. The number of nitrogens with zero attached hydrogens (tertiary/aromatic N) is 2. The van der Waals surface area contributed by atoms with Gasteiger partial charge in [-0.1, -0.05) is 24.3 Å². The molecular formula is C20H26N2O2. The molecule has 0 atom stereocenters. The van der Waals surface area contributed by atoms with Crippen LogP contribution in [0.5, 0.6) is 11.5 Å². The van der Waals surface area contributed by atoms with Crippen LogP contribution < -0.4 is 14.4 Å². The van der Waals surface area contributed by atoms with Gasteiger partial charge in [0.15, 0.2) is 11.5 Å². The van der Waals surface area contributed by atoms with Crippen molar-refractivity contribution in [1.82, 2.24) is 4.90 Å². The maximum Gasteiger partial charge on any atom is 0.160 e. The van der Waals surface area contributed by atoms with E-state index in [0.717, 1.165) is 50.6 Å². The number of anilines is 1. The number of hydrogen-bond donors (Lipinski definition) is 0. The molecule has 2 aromatic carbocycles. The van der Waals surface area contributed by atoms with Crippen LogP contribution in [-0.2, 0) is 6.42 Å². The lowest BCUT2D eigenvalue weighted by Crippen LogP contribution is -2.46. The van der Waals surface area contributed by atoms with Crippen molar-refractivity contribution < 1.29 is 9.47 Å². The molecule has 4 heteroatoms. The Hall–Kier alpha value is -2.20. The molecule has 0 aliphatic carbocycles. The fraction of sp³-hybridized carbons (Fsp3) is 0.400. The lowest BCUT2D eigenvalue weighted by Gasteiger charge is -2.36.